The molecule has 0 aromatic heterocycles. The fourth-order valence-electron chi connectivity index (χ4n) is 3.92. The SMILES string of the molecule is CCC1CCCCC1C1CCC(=O)C1C. The van der Waals surface area contributed by atoms with Crippen molar-refractivity contribution >= 4 is 5.78 Å². The smallest absolute Gasteiger partial charge is 0.135 e. The Morgan fingerprint density at radius 2 is 1.87 bits per heavy atom. The Morgan fingerprint density at radius 3 is 2.47 bits per heavy atom. The molecule has 0 spiro atoms. The van der Waals surface area contributed by atoms with Gasteiger partial charge in [0.1, 0.15) is 5.78 Å². The van der Waals surface area contributed by atoms with Gasteiger partial charge in [0.2, 0.25) is 0 Å². The molecule has 1 heteroatoms. The van der Waals surface area contributed by atoms with E-state index in [0.29, 0.717) is 11.7 Å². The third-order valence-corrected chi connectivity index (χ3v) is 4.92. The minimum absolute atomic E-state index is 0.363. The standard InChI is InChI=1S/C14H24O/c1-3-11-6-4-5-7-13(11)12-8-9-14(15)10(12)2/h10-13H,3-9H2,1-2H3. The summed E-state index contributed by atoms with van der Waals surface area (Å²) in [6.45, 7) is 4.49. The van der Waals surface area contributed by atoms with Crippen molar-refractivity contribution in [2.75, 3.05) is 0 Å². The largest absolute Gasteiger partial charge is 0.299 e. The Kier molecular flexibility index (Phi) is 3.48. The average Bonchev–Trinajstić information content (AvgIpc) is 2.60. The third-order valence-electron chi connectivity index (χ3n) is 4.92. The molecule has 2 rings (SSSR count). The molecule has 0 saturated heterocycles. The van der Waals surface area contributed by atoms with Gasteiger partial charge in [-0.1, -0.05) is 39.5 Å². The highest BCUT2D eigenvalue weighted by Gasteiger charge is 2.39. The summed E-state index contributed by atoms with van der Waals surface area (Å²) in [4.78, 5) is 11.6. The third kappa shape index (κ3) is 2.11. The Labute approximate surface area is 93.6 Å². The monoisotopic (exact) mass is 208 g/mol. The lowest BCUT2D eigenvalue weighted by Gasteiger charge is -2.36. The number of ketones is 1. The summed E-state index contributed by atoms with van der Waals surface area (Å²) < 4.78 is 0. The van der Waals surface area contributed by atoms with Crippen LogP contribution in [0.2, 0.25) is 0 Å². The van der Waals surface area contributed by atoms with Crippen LogP contribution in [0.5, 0.6) is 0 Å². The first kappa shape index (κ1) is 11.2. The van der Waals surface area contributed by atoms with E-state index < -0.39 is 0 Å². The van der Waals surface area contributed by atoms with Crippen molar-refractivity contribution in [1.82, 2.24) is 0 Å². The van der Waals surface area contributed by atoms with Crippen LogP contribution in [0.25, 0.3) is 0 Å². The highest BCUT2D eigenvalue weighted by atomic mass is 16.1. The van der Waals surface area contributed by atoms with Crippen molar-refractivity contribution in [1.29, 1.82) is 0 Å². The number of carbonyl (C=O) groups is 1. The molecule has 4 unspecified atom stereocenters. The first-order valence-corrected chi connectivity index (χ1v) is 6.76. The molecule has 0 amide bonds. The predicted octanol–water partition coefficient (Wildman–Crippen LogP) is 3.82. The van der Waals surface area contributed by atoms with Gasteiger partial charge < -0.3 is 0 Å². The molecule has 0 heterocycles. The summed E-state index contributed by atoms with van der Waals surface area (Å²) in [5.41, 5.74) is 0. The first-order chi connectivity index (χ1) is 7.24. The van der Waals surface area contributed by atoms with E-state index in [1.54, 1.807) is 0 Å². The molecule has 1 nitrogen and oxygen atoms in total. The molecule has 0 N–H and O–H groups in total. The van der Waals surface area contributed by atoms with E-state index in [4.69, 9.17) is 0 Å². The molecule has 2 aliphatic rings. The molecular weight excluding hydrogens is 184 g/mol. The Hall–Kier alpha value is -0.330. The van der Waals surface area contributed by atoms with Crippen molar-refractivity contribution in [2.24, 2.45) is 23.7 Å². The molecule has 86 valence electrons. The van der Waals surface area contributed by atoms with Crippen LogP contribution in [0.3, 0.4) is 0 Å². The Balaban J connectivity index is 2.04. The van der Waals surface area contributed by atoms with Crippen LogP contribution in [0.1, 0.15) is 58.8 Å². The minimum atomic E-state index is 0.363. The van der Waals surface area contributed by atoms with Crippen molar-refractivity contribution in [3.8, 4) is 0 Å². The number of carbonyl (C=O) groups excluding carboxylic acids is 1. The summed E-state index contributed by atoms with van der Waals surface area (Å²) in [6.07, 6.45) is 8.99. The van der Waals surface area contributed by atoms with E-state index in [1.807, 2.05) is 0 Å². The van der Waals surface area contributed by atoms with Crippen LogP contribution in [-0.2, 0) is 4.79 Å². The molecule has 0 aliphatic heterocycles. The zero-order valence-corrected chi connectivity index (χ0v) is 10.2. The fraction of sp³-hybridized carbons (Fsp3) is 0.929. The Bertz CT molecular complexity index is 233. The van der Waals surface area contributed by atoms with E-state index in [2.05, 4.69) is 13.8 Å². The van der Waals surface area contributed by atoms with E-state index in [1.165, 1.54) is 38.5 Å². The van der Waals surface area contributed by atoms with E-state index in [-0.39, 0.29) is 0 Å². The van der Waals surface area contributed by atoms with Crippen LogP contribution in [-0.4, -0.2) is 5.78 Å². The highest BCUT2D eigenvalue weighted by Crippen LogP contribution is 2.44. The van der Waals surface area contributed by atoms with Gasteiger partial charge in [-0.25, -0.2) is 0 Å². The lowest BCUT2D eigenvalue weighted by atomic mass is 9.69. The zero-order chi connectivity index (χ0) is 10.8. The van der Waals surface area contributed by atoms with Crippen molar-refractivity contribution in [3.63, 3.8) is 0 Å². The maximum Gasteiger partial charge on any atom is 0.135 e. The van der Waals surface area contributed by atoms with Gasteiger partial charge in [0.15, 0.2) is 0 Å². The van der Waals surface area contributed by atoms with Crippen LogP contribution < -0.4 is 0 Å². The van der Waals surface area contributed by atoms with Crippen LogP contribution >= 0.6 is 0 Å². The maximum atomic E-state index is 11.6. The van der Waals surface area contributed by atoms with Crippen LogP contribution in [0.4, 0.5) is 0 Å². The second-order valence-electron chi connectivity index (χ2n) is 5.57. The van der Waals surface area contributed by atoms with Gasteiger partial charge in [0.05, 0.1) is 0 Å². The molecule has 15 heavy (non-hydrogen) atoms. The normalized spacial score (nSPS) is 42.1. The van der Waals surface area contributed by atoms with Gasteiger partial charge in [-0.05, 0) is 30.6 Å². The van der Waals surface area contributed by atoms with E-state index >= 15 is 0 Å². The van der Waals surface area contributed by atoms with Crippen molar-refractivity contribution < 1.29 is 4.79 Å². The Morgan fingerprint density at radius 1 is 1.13 bits per heavy atom. The number of hydrogen-bond acceptors (Lipinski definition) is 1. The van der Waals surface area contributed by atoms with Gasteiger partial charge in [0, 0.05) is 12.3 Å². The van der Waals surface area contributed by atoms with Crippen LogP contribution in [0, 0.1) is 23.7 Å². The minimum Gasteiger partial charge on any atom is -0.299 e. The average molecular weight is 208 g/mol. The lowest BCUT2D eigenvalue weighted by molar-refractivity contribution is -0.121. The second kappa shape index (κ2) is 4.67. The molecule has 0 aromatic carbocycles. The number of Topliss-reactive ketones (excluding diaryl/α,β-unsaturated/α-hetero) is 1. The van der Waals surface area contributed by atoms with Crippen molar-refractivity contribution in [2.45, 2.75) is 58.8 Å². The summed E-state index contributed by atoms with van der Waals surface area (Å²) in [5, 5.41) is 0. The molecule has 2 saturated carbocycles. The highest BCUT2D eigenvalue weighted by molar-refractivity contribution is 5.83. The second-order valence-corrected chi connectivity index (χ2v) is 5.57. The lowest BCUT2D eigenvalue weighted by Crippen LogP contribution is -2.29. The first-order valence-electron chi connectivity index (χ1n) is 6.76. The van der Waals surface area contributed by atoms with Gasteiger partial charge >= 0.3 is 0 Å². The topological polar surface area (TPSA) is 17.1 Å². The molecule has 0 radical (unpaired) electrons. The molecule has 2 fully saturated rings. The van der Waals surface area contributed by atoms with Crippen LogP contribution in [0.15, 0.2) is 0 Å². The number of hydrogen-bond donors (Lipinski definition) is 0. The fourth-order valence-corrected chi connectivity index (χ4v) is 3.92. The van der Waals surface area contributed by atoms with Crippen molar-refractivity contribution in [3.05, 3.63) is 0 Å². The summed E-state index contributed by atoms with van der Waals surface area (Å²) >= 11 is 0. The molecule has 4 atom stereocenters. The van der Waals surface area contributed by atoms with E-state index in [9.17, 15) is 4.79 Å². The molecular formula is C14H24O. The van der Waals surface area contributed by atoms with Gasteiger partial charge in [0.25, 0.3) is 0 Å². The number of rotatable bonds is 2. The maximum absolute atomic E-state index is 11.6. The molecule has 0 aromatic rings. The van der Waals surface area contributed by atoms with E-state index in [0.717, 1.165) is 24.2 Å². The summed E-state index contributed by atoms with van der Waals surface area (Å²) in [6, 6.07) is 0. The predicted molar refractivity (Wildman–Crippen MR) is 62.6 cm³/mol. The van der Waals surface area contributed by atoms with Gasteiger partial charge in [-0.2, -0.15) is 0 Å². The zero-order valence-electron chi connectivity index (χ0n) is 10.2. The summed E-state index contributed by atoms with van der Waals surface area (Å²) in [5.74, 6) is 3.40. The quantitative estimate of drug-likeness (QED) is 0.674. The molecule has 2 aliphatic carbocycles. The summed E-state index contributed by atoms with van der Waals surface area (Å²) in [7, 11) is 0. The molecule has 0 bridgehead atoms. The van der Waals surface area contributed by atoms with Gasteiger partial charge in [-0.3, -0.25) is 4.79 Å². The van der Waals surface area contributed by atoms with Gasteiger partial charge in [-0.15, -0.1) is 0 Å².